The molecule has 0 aromatic carbocycles. The average molecular weight is 255 g/mol. The predicted octanol–water partition coefficient (Wildman–Crippen LogP) is 2.96. The van der Waals surface area contributed by atoms with Crippen LogP contribution in [0, 0.1) is 5.92 Å². The highest BCUT2D eigenvalue weighted by Crippen LogP contribution is 2.10. The highest BCUT2D eigenvalue weighted by molar-refractivity contribution is 7.80. The molecule has 0 aliphatic heterocycles. The largest absolute Gasteiger partial charge is 0.397 e. The second kappa shape index (κ2) is 10.0. The maximum absolute atomic E-state index is 10.2. The number of rotatable bonds is 9. The maximum atomic E-state index is 10.2. The van der Waals surface area contributed by atoms with E-state index in [4.69, 9.17) is 4.55 Å². The molecule has 0 fully saturated rings. The van der Waals surface area contributed by atoms with Crippen LogP contribution in [-0.2, 0) is 14.6 Å². The lowest BCUT2D eigenvalue weighted by molar-refractivity contribution is 0.261. The molecule has 100 valence electrons. The summed E-state index contributed by atoms with van der Waals surface area (Å²) < 4.78 is 32.8. The van der Waals surface area contributed by atoms with Crippen LogP contribution in [0.15, 0.2) is 0 Å². The number of unbranched alkanes of at least 4 members (excludes halogenated alkanes) is 4. The van der Waals surface area contributed by atoms with Gasteiger partial charge in [0.15, 0.2) is 0 Å². The Labute approximate surface area is 99.1 Å². The zero-order valence-electron chi connectivity index (χ0n) is 10.3. The molecule has 0 saturated heterocycles. The Morgan fingerprint density at radius 2 is 1.56 bits per heavy atom. The molecule has 4 N–H and O–H groups in total. The summed E-state index contributed by atoms with van der Waals surface area (Å²) in [5.41, 5.74) is 0. The fraction of sp³-hybridized carbons (Fsp3) is 1.00. The third-order valence-corrected chi connectivity index (χ3v) is 2.62. The Balaban J connectivity index is 0. The van der Waals surface area contributed by atoms with Crippen molar-refractivity contribution in [3.8, 4) is 0 Å². The van der Waals surface area contributed by atoms with Gasteiger partial charge >= 0.3 is 10.4 Å². The van der Waals surface area contributed by atoms with Gasteiger partial charge in [-0.15, -0.1) is 0 Å². The van der Waals surface area contributed by atoms with Gasteiger partial charge in [0.2, 0.25) is 0 Å². The molecule has 16 heavy (non-hydrogen) atoms. The molecule has 0 atom stereocenters. The van der Waals surface area contributed by atoms with Gasteiger partial charge in [0.05, 0.1) is 6.61 Å². The summed E-state index contributed by atoms with van der Waals surface area (Å²) in [6.45, 7) is 4.50. The molecular weight excluding hydrogens is 230 g/mol. The first kappa shape index (κ1) is 18.2. The van der Waals surface area contributed by atoms with Gasteiger partial charge in [0.1, 0.15) is 0 Å². The summed E-state index contributed by atoms with van der Waals surface area (Å²) in [7, 11) is -4.23. The second-order valence-electron chi connectivity index (χ2n) is 4.20. The van der Waals surface area contributed by atoms with Crippen LogP contribution in [0.1, 0.15) is 52.4 Å². The van der Waals surface area contributed by atoms with Crippen molar-refractivity contribution in [3.63, 3.8) is 0 Å². The van der Waals surface area contributed by atoms with Crippen LogP contribution in [0.2, 0.25) is 0 Å². The van der Waals surface area contributed by atoms with Crippen LogP contribution in [0.4, 0.5) is 0 Å². The lowest BCUT2D eigenvalue weighted by Crippen LogP contribution is -2.04. The molecule has 0 radical (unpaired) electrons. The zero-order valence-corrected chi connectivity index (χ0v) is 11.1. The van der Waals surface area contributed by atoms with Crippen molar-refractivity contribution in [2.75, 3.05) is 6.61 Å². The molecule has 0 rings (SSSR count). The molecule has 0 bridgehead atoms. The lowest BCUT2D eigenvalue weighted by atomic mass is 10.0. The van der Waals surface area contributed by atoms with Gasteiger partial charge in [-0.2, -0.15) is 8.42 Å². The van der Waals surface area contributed by atoms with Crippen molar-refractivity contribution < 1.29 is 17.2 Å². The highest BCUT2D eigenvalue weighted by Gasteiger charge is 2.02. The minimum Gasteiger partial charge on any atom is -0.344 e. The van der Waals surface area contributed by atoms with Gasteiger partial charge in [-0.25, -0.2) is 4.18 Å². The van der Waals surface area contributed by atoms with Gasteiger partial charge in [0.25, 0.3) is 0 Å². The second-order valence-corrected chi connectivity index (χ2v) is 5.29. The molecule has 0 amide bonds. The Morgan fingerprint density at radius 1 is 1.06 bits per heavy atom. The van der Waals surface area contributed by atoms with Gasteiger partial charge in [-0.1, -0.05) is 46.0 Å². The SMILES string of the molecule is CC(C)CCCCCCCOS(=O)(=O)O.N. The quantitative estimate of drug-likeness (QED) is 0.487. The summed E-state index contributed by atoms with van der Waals surface area (Å²) in [5, 5.41) is 0. The summed E-state index contributed by atoms with van der Waals surface area (Å²) in [6, 6.07) is 0. The van der Waals surface area contributed by atoms with Crippen LogP contribution in [0.5, 0.6) is 0 Å². The molecule has 0 spiro atoms. The minimum absolute atomic E-state index is 0. The smallest absolute Gasteiger partial charge is 0.344 e. The minimum atomic E-state index is -4.23. The number of hydrogen-bond donors (Lipinski definition) is 2. The van der Waals surface area contributed by atoms with Gasteiger partial charge in [-0.05, 0) is 12.3 Å². The molecule has 6 heteroatoms. The average Bonchev–Trinajstić information content (AvgIpc) is 2.07. The van der Waals surface area contributed by atoms with Crippen molar-refractivity contribution in [3.05, 3.63) is 0 Å². The van der Waals surface area contributed by atoms with E-state index in [-0.39, 0.29) is 12.8 Å². The molecule has 0 aromatic heterocycles. The van der Waals surface area contributed by atoms with E-state index in [2.05, 4.69) is 18.0 Å². The summed E-state index contributed by atoms with van der Waals surface area (Å²) >= 11 is 0. The Morgan fingerprint density at radius 3 is 2.06 bits per heavy atom. The standard InChI is InChI=1S/C10H22O4S.H3N/c1-10(2)8-6-4-3-5-7-9-14-15(11,12)13;/h10H,3-9H2,1-2H3,(H,11,12,13);1H3. The van der Waals surface area contributed by atoms with E-state index in [1.165, 1.54) is 19.3 Å². The third kappa shape index (κ3) is 16.3. The van der Waals surface area contributed by atoms with Crippen molar-refractivity contribution >= 4 is 10.4 Å². The normalized spacial score (nSPS) is 11.5. The Kier molecular flexibility index (Phi) is 11.4. The predicted molar refractivity (Wildman–Crippen MR) is 65.1 cm³/mol. The van der Waals surface area contributed by atoms with E-state index in [1.54, 1.807) is 0 Å². The van der Waals surface area contributed by atoms with Crippen LogP contribution in [-0.4, -0.2) is 19.6 Å². The lowest BCUT2D eigenvalue weighted by Gasteiger charge is -2.04. The molecule has 0 aromatic rings. The fourth-order valence-corrected chi connectivity index (χ4v) is 1.68. The maximum Gasteiger partial charge on any atom is 0.397 e. The first-order chi connectivity index (χ1) is 6.92. The van der Waals surface area contributed by atoms with Crippen molar-refractivity contribution in [2.24, 2.45) is 5.92 Å². The number of hydrogen-bond acceptors (Lipinski definition) is 4. The summed E-state index contributed by atoms with van der Waals surface area (Å²) in [6.07, 6.45) is 6.40. The van der Waals surface area contributed by atoms with Crippen LogP contribution in [0.25, 0.3) is 0 Å². The van der Waals surface area contributed by atoms with E-state index < -0.39 is 10.4 Å². The van der Waals surface area contributed by atoms with Crippen LogP contribution < -0.4 is 6.15 Å². The molecule has 0 aliphatic carbocycles. The Bertz CT molecular complexity index is 239. The van der Waals surface area contributed by atoms with Crippen molar-refractivity contribution in [1.29, 1.82) is 0 Å². The molecule has 0 saturated carbocycles. The van der Waals surface area contributed by atoms with E-state index >= 15 is 0 Å². The summed E-state index contributed by atoms with van der Waals surface area (Å²) in [4.78, 5) is 0. The van der Waals surface area contributed by atoms with Gasteiger partial charge in [-0.3, -0.25) is 4.55 Å². The van der Waals surface area contributed by atoms with E-state index in [0.29, 0.717) is 6.42 Å². The van der Waals surface area contributed by atoms with E-state index in [9.17, 15) is 8.42 Å². The first-order valence-corrected chi connectivity index (χ1v) is 6.90. The molecule has 5 nitrogen and oxygen atoms in total. The van der Waals surface area contributed by atoms with Crippen LogP contribution >= 0.6 is 0 Å². The monoisotopic (exact) mass is 255 g/mol. The third-order valence-electron chi connectivity index (χ3n) is 2.16. The molecule has 0 aliphatic rings. The van der Waals surface area contributed by atoms with Crippen molar-refractivity contribution in [2.45, 2.75) is 52.4 Å². The fourth-order valence-electron chi connectivity index (χ4n) is 1.35. The molecule has 0 heterocycles. The highest BCUT2D eigenvalue weighted by atomic mass is 32.3. The molecule has 0 unspecified atom stereocenters. The van der Waals surface area contributed by atoms with Crippen LogP contribution in [0.3, 0.4) is 0 Å². The topological polar surface area (TPSA) is 98.6 Å². The van der Waals surface area contributed by atoms with Gasteiger partial charge in [0, 0.05) is 0 Å². The van der Waals surface area contributed by atoms with E-state index in [0.717, 1.165) is 18.8 Å². The summed E-state index contributed by atoms with van der Waals surface area (Å²) in [5.74, 6) is 0.757. The molecular formula is C10H25NO4S. The zero-order chi connectivity index (χ0) is 11.7. The first-order valence-electron chi connectivity index (χ1n) is 5.53. The Hall–Kier alpha value is -0.170. The van der Waals surface area contributed by atoms with E-state index in [1.807, 2.05) is 0 Å². The van der Waals surface area contributed by atoms with Crippen molar-refractivity contribution in [1.82, 2.24) is 6.15 Å². The van der Waals surface area contributed by atoms with Gasteiger partial charge < -0.3 is 6.15 Å².